The molecule has 92 valence electrons. The summed E-state index contributed by atoms with van der Waals surface area (Å²) in [7, 11) is 0. The average Bonchev–Trinajstić information content (AvgIpc) is 2.22. The third kappa shape index (κ3) is 4.73. The molecule has 1 aromatic rings. The summed E-state index contributed by atoms with van der Waals surface area (Å²) in [6.45, 7) is 8.45. The van der Waals surface area contributed by atoms with E-state index in [4.69, 9.17) is 4.42 Å². The molecule has 0 bridgehead atoms. The van der Waals surface area contributed by atoms with Crippen LogP contribution < -0.4 is 0 Å². The Morgan fingerprint density at radius 1 is 1.35 bits per heavy atom. The first-order valence-electron chi connectivity index (χ1n) is 5.76. The molecule has 0 heterocycles. The van der Waals surface area contributed by atoms with Gasteiger partial charge in [0.05, 0.1) is 6.92 Å². The predicted molar refractivity (Wildman–Crippen MR) is 73.4 cm³/mol. The van der Waals surface area contributed by atoms with E-state index in [0.717, 1.165) is 10.7 Å². The normalized spacial score (nSPS) is 11.6. The molecule has 1 aromatic carbocycles. The van der Waals surface area contributed by atoms with Gasteiger partial charge in [0.1, 0.15) is 0 Å². The molecule has 1 rings (SSSR count). The first-order chi connectivity index (χ1) is 8.02. The van der Waals surface area contributed by atoms with Gasteiger partial charge in [-0.1, -0.05) is 23.8 Å². The van der Waals surface area contributed by atoms with Crippen LogP contribution in [0.1, 0.15) is 30.5 Å². The highest BCUT2D eigenvalue weighted by Gasteiger charge is 2.14. The van der Waals surface area contributed by atoms with Gasteiger partial charge in [0.25, 0.3) is 6.61 Å². The van der Waals surface area contributed by atoms with E-state index in [9.17, 15) is 4.79 Å². The van der Waals surface area contributed by atoms with Crippen LogP contribution in [-0.2, 0) is 15.6 Å². The number of benzene rings is 1. The van der Waals surface area contributed by atoms with Crippen molar-refractivity contribution < 1.29 is 9.22 Å². The topological polar surface area (TPSA) is 28.4 Å². The fourth-order valence-electron chi connectivity index (χ4n) is 1.63. The minimum atomic E-state index is 0.128. The zero-order chi connectivity index (χ0) is 12.8. The molecular formula is C14H19O2S+. The summed E-state index contributed by atoms with van der Waals surface area (Å²) < 4.78 is 5.26. The first-order valence-corrected chi connectivity index (χ1v) is 6.57. The number of hydrogen-bond acceptors (Lipinski definition) is 2. The van der Waals surface area contributed by atoms with Crippen LogP contribution in [0, 0.1) is 13.8 Å². The summed E-state index contributed by atoms with van der Waals surface area (Å²) in [6.07, 6.45) is 0.460. The molecule has 0 saturated carbocycles. The highest BCUT2D eigenvalue weighted by atomic mass is 32.2. The summed E-state index contributed by atoms with van der Waals surface area (Å²) in [4.78, 5) is 11.8. The van der Waals surface area contributed by atoms with Crippen molar-refractivity contribution in [2.24, 2.45) is 0 Å². The Hall–Kier alpha value is -1.09. The molecule has 0 aliphatic heterocycles. The van der Waals surface area contributed by atoms with Gasteiger partial charge >= 0.3 is 5.12 Å². The molecule has 0 atom stereocenters. The lowest BCUT2D eigenvalue weighted by molar-refractivity contribution is -0.449. The standard InChI is InChI=1S/C14H19O2S/c1-5-16-12(4)17-14(15)9-13-7-6-10(2)8-11(13)3/h6-8H,5,9H2,1-4H3/q+1. The fraction of sp³-hybridized carbons (Fsp3) is 0.429. The third-order valence-electron chi connectivity index (χ3n) is 2.44. The lowest BCUT2D eigenvalue weighted by atomic mass is 10.0. The lowest BCUT2D eigenvalue weighted by Gasteiger charge is -2.04. The molecule has 0 spiro atoms. The maximum Gasteiger partial charge on any atom is 0.358 e. The Morgan fingerprint density at radius 2 is 2.06 bits per heavy atom. The molecule has 0 aliphatic rings. The number of aryl methyl sites for hydroxylation is 2. The number of rotatable bonds is 3. The number of thioether (sulfide) groups is 1. The van der Waals surface area contributed by atoms with Crippen LogP contribution in [0.25, 0.3) is 0 Å². The van der Waals surface area contributed by atoms with E-state index >= 15 is 0 Å². The average molecular weight is 251 g/mol. The SMILES string of the molecule is CC[O+]=C(C)SC(=O)Cc1ccc(C)cc1C. The van der Waals surface area contributed by atoms with E-state index in [1.807, 2.05) is 32.9 Å². The van der Waals surface area contributed by atoms with Crippen LogP contribution in [0.15, 0.2) is 18.2 Å². The van der Waals surface area contributed by atoms with Crippen molar-refractivity contribution in [3.8, 4) is 0 Å². The van der Waals surface area contributed by atoms with Crippen molar-refractivity contribution in [1.29, 1.82) is 0 Å². The zero-order valence-corrected chi connectivity index (χ0v) is 11.7. The number of carbonyl (C=O) groups is 1. The zero-order valence-electron chi connectivity index (χ0n) is 10.9. The Labute approximate surface area is 107 Å². The maximum atomic E-state index is 11.8. The molecule has 0 aliphatic carbocycles. The van der Waals surface area contributed by atoms with Gasteiger partial charge in [-0.25, -0.2) is 0 Å². The lowest BCUT2D eigenvalue weighted by Crippen LogP contribution is -2.04. The number of carbonyl (C=O) groups excluding carboxylic acids is 2. The highest BCUT2D eigenvalue weighted by Crippen LogP contribution is 2.15. The Balaban J connectivity index is 2.65. The number of hydrogen-bond donors (Lipinski definition) is 0. The molecule has 0 N–H and O–H groups in total. The van der Waals surface area contributed by atoms with Gasteiger partial charge in [0.2, 0.25) is 5.12 Å². The van der Waals surface area contributed by atoms with Gasteiger partial charge in [0, 0.05) is 25.1 Å². The Morgan fingerprint density at radius 3 is 2.65 bits per heavy atom. The molecule has 0 radical (unpaired) electrons. The maximum absolute atomic E-state index is 11.8. The predicted octanol–water partition coefficient (Wildman–Crippen LogP) is 3.21. The van der Waals surface area contributed by atoms with Crippen molar-refractivity contribution in [2.75, 3.05) is 6.61 Å². The van der Waals surface area contributed by atoms with Crippen LogP contribution in [-0.4, -0.2) is 16.8 Å². The Kier molecular flexibility index (Phi) is 5.42. The minimum absolute atomic E-state index is 0.128. The molecule has 0 unspecified atom stereocenters. The quantitative estimate of drug-likeness (QED) is 0.772. The largest absolute Gasteiger partial charge is 0.358 e. The van der Waals surface area contributed by atoms with Crippen molar-refractivity contribution in [3.63, 3.8) is 0 Å². The fourth-order valence-corrected chi connectivity index (χ4v) is 2.35. The van der Waals surface area contributed by atoms with E-state index in [0.29, 0.717) is 13.0 Å². The van der Waals surface area contributed by atoms with Crippen molar-refractivity contribution >= 4 is 22.0 Å². The van der Waals surface area contributed by atoms with Gasteiger partial charge in [-0.15, -0.1) is 0 Å². The van der Waals surface area contributed by atoms with Gasteiger partial charge in [-0.2, -0.15) is 0 Å². The molecule has 2 nitrogen and oxygen atoms in total. The molecule has 0 aromatic heterocycles. The first kappa shape index (κ1) is 14.0. The van der Waals surface area contributed by atoms with Gasteiger partial charge in [0.15, 0.2) is 0 Å². The Bertz CT molecular complexity index is 436. The molecule has 0 saturated heterocycles. The highest BCUT2D eigenvalue weighted by molar-refractivity contribution is 8.26. The summed E-state index contributed by atoms with van der Waals surface area (Å²) >= 11 is 1.19. The van der Waals surface area contributed by atoms with Gasteiger partial charge in [-0.3, -0.25) is 9.22 Å². The second-order valence-electron chi connectivity index (χ2n) is 4.01. The van der Waals surface area contributed by atoms with Crippen molar-refractivity contribution in [1.82, 2.24) is 0 Å². The summed E-state index contributed by atoms with van der Waals surface area (Å²) in [5.41, 5.74) is 3.49. The third-order valence-corrected chi connectivity index (χ3v) is 3.22. The van der Waals surface area contributed by atoms with E-state index in [1.165, 1.54) is 22.9 Å². The van der Waals surface area contributed by atoms with Crippen molar-refractivity contribution in [2.45, 2.75) is 34.1 Å². The smallest absolute Gasteiger partial charge is 0.286 e. The molecule has 0 fully saturated rings. The van der Waals surface area contributed by atoms with E-state index < -0.39 is 0 Å². The second kappa shape index (κ2) is 6.60. The van der Waals surface area contributed by atoms with Crippen LogP contribution >= 0.6 is 11.8 Å². The minimum Gasteiger partial charge on any atom is -0.286 e. The van der Waals surface area contributed by atoms with E-state index in [2.05, 4.69) is 13.0 Å². The van der Waals surface area contributed by atoms with E-state index in [1.54, 1.807) is 0 Å². The monoisotopic (exact) mass is 251 g/mol. The molecule has 3 heteroatoms. The van der Waals surface area contributed by atoms with Crippen LogP contribution in [0.3, 0.4) is 0 Å². The van der Waals surface area contributed by atoms with Gasteiger partial charge in [-0.05, 0) is 25.0 Å². The summed E-state index contributed by atoms with van der Waals surface area (Å²) in [5, 5.41) is 0.852. The van der Waals surface area contributed by atoms with Crippen LogP contribution in [0.2, 0.25) is 0 Å². The van der Waals surface area contributed by atoms with Gasteiger partial charge < -0.3 is 0 Å². The van der Waals surface area contributed by atoms with E-state index in [-0.39, 0.29) is 5.12 Å². The summed E-state index contributed by atoms with van der Waals surface area (Å²) in [5.74, 6) is 0. The van der Waals surface area contributed by atoms with Crippen molar-refractivity contribution in [3.05, 3.63) is 34.9 Å². The van der Waals surface area contributed by atoms with Crippen LogP contribution in [0.5, 0.6) is 0 Å². The summed E-state index contributed by atoms with van der Waals surface area (Å²) in [6, 6.07) is 6.17. The molecular weight excluding hydrogens is 232 g/mol. The second-order valence-corrected chi connectivity index (χ2v) is 5.24. The molecule has 17 heavy (non-hydrogen) atoms. The molecule has 0 amide bonds. The van der Waals surface area contributed by atoms with Crippen LogP contribution in [0.4, 0.5) is 0 Å².